The molecule has 0 aliphatic carbocycles. The van der Waals surface area contributed by atoms with Gasteiger partial charge in [0, 0.05) is 43.1 Å². The van der Waals surface area contributed by atoms with Gasteiger partial charge in [-0.3, -0.25) is 0 Å². The van der Waals surface area contributed by atoms with Gasteiger partial charge in [0.2, 0.25) is 0 Å². The molecule has 0 amide bonds. The van der Waals surface area contributed by atoms with Gasteiger partial charge in [-0.2, -0.15) is 18.4 Å². The zero-order chi connectivity index (χ0) is 38.9. The minimum absolute atomic E-state index is 0.0549. The fourth-order valence-corrected chi connectivity index (χ4v) is 9.13. The predicted octanol–water partition coefficient (Wildman–Crippen LogP) is 14.2. The maximum absolute atomic E-state index is 15.8. The molecular formula is C50H26F3N3O2. The van der Waals surface area contributed by atoms with Crippen LogP contribution >= 0.6 is 0 Å². The van der Waals surface area contributed by atoms with Gasteiger partial charge in [0.25, 0.3) is 0 Å². The Kier molecular flexibility index (Phi) is 6.52. The first-order valence-electron chi connectivity index (χ1n) is 18.8. The zero-order valence-corrected chi connectivity index (χ0v) is 30.3. The summed E-state index contributed by atoms with van der Waals surface area (Å²) in [5.41, 5.74) is 5.88. The maximum atomic E-state index is 15.8. The highest BCUT2D eigenvalue weighted by molar-refractivity contribution is 6.23. The second-order valence-corrected chi connectivity index (χ2v) is 14.7. The summed E-state index contributed by atoms with van der Waals surface area (Å²) in [4.78, 5) is 0. The molecule has 58 heavy (non-hydrogen) atoms. The lowest BCUT2D eigenvalue weighted by Gasteiger charge is -2.22. The Balaban J connectivity index is 1.33. The van der Waals surface area contributed by atoms with E-state index in [1.54, 1.807) is 24.3 Å². The number of alkyl halides is 3. The summed E-state index contributed by atoms with van der Waals surface area (Å²) < 4.78 is 64.5. The summed E-state index contributed by atoms with van der Waals surface area (Å²) in [5, 5.41) is 17.0. The van der Waals surface area contributed by atoms with Crippen molar-refractivity contribution in [1.82, 2.24) is 9.13 Å². The smallest absolute Gasteiger partial charge is 0.417 e. The molecule has 0 aliphatic rings. The molecule has 4 aromatic heterocycles. The summed E-state index contributed by atoms with van der Waals surface area (Å²) >= 11 is 0. The monoisotopic (exact) mass is 757 g/mol. The standard InChI is InChI=1S/C50H26F3N3O2/c51-50(52,53)39-26-43(56-41-17-6-2-13-31(41)35-21-23-37-33-15-4-8-19-45(33)58-49(37)47(35)56)42(25-38(39)29-11-9-10-28(24-29)27-54)55-40-16-5-1-12-30(40)34-20-22-36-32-14-3-7-18-44(32)57-48(36)46(34)55/h1-26H. The predicted molar refractivity (Wildman–Crippen MR) is 225 cm³/mol. The lowest BCUT2D eigenvalue weighted by Crippen LogP contribution is -2.12. The molecule has 274 valence electrons. The fraction of sp³-hybridized carbons (Fsp3) is 0.0200. The van der Waals surface area contributed by atoms with Gasteiger partial charge in [0.15, 0.2) is 11.2 Å². The molecular weight excluding hydrogens is 732 g/mol. The zero-order valence-electron chi connectivity index (χ0n) is 30.3. The van der Waals surface area contributed by atoms with E-state index in [0.29, 0.717) is 44.7 Å². The number of para-hydroxylation sites is 4. The molecule has 0 atom stereocenters. The average Bonchev–Trinajstić information content (AvgIpc) is 4.00. The van der Waals surface area contributed by atoms with Crippen molar-refractivity contribution in [2.45, 2.75) is 6.18 Å². The van der Waals surface area contributed by atoms with Crippen LogP contribution in [-0.4, -0.2) is 9.13 Å². The van der Waals surface area contributed by atoms with E-state index < -0.39 is 11.7 Å². The molecule has 0 aliphatic heterocycles. The molecule has 5 nitrogen and oxygen atoms in total. The molecule has 0 unspecified atom stereocenters. The fourth-order valence-electron chi connectivity index (χ4n) is 9.13. The number of halogens is 3. The van der Waals surface area contributed by atoms with Gasteiger partial charge < -0.3 is 18.0 Å². The average molecular weight is 758 g/mol. The Hall–Kier alpha value is -7.76. The van der Waals surface area contributed by atoms with Crippen LogP contribution in [0, 0.1) is 11.3 Å². The van der Waals surface area contributed by atoms with Gasteiger partial charge in [0.1, 0.15) is 11.2 Å². The summed E-state index contributed by atoms with van der Waals surface area (Å²) in [6, 6.07) is 50.8. The molecule has 4 heterocycles. The molecule has 0 spiro atoms. The van der Waals surface area contributed by atoms with Crippen molar-refractivity contribution in [1.29, 1.82) is 5.26 Å². The number of aromatic nitrogens is 2. The van der Waals surface area contributed by atoms with E-state index in [1.165, 1.54) is 12.1 Å². The quantitative estimate of drug-likeness (QED) is 0.180. The lowest BCUT2D eigenvalue weighted by atomic mass is 9.95. The van der Waals surface area contributed by atoms with Gasteiger partial charge in [-0.05, 0) is 71.8 Å². The number of furan rings is 2. The second-order valence-electron chi connectivity index (χ2n) is 14.7. The van der Waals surface area contributed by atoms with Gasteiger partial charge in [0.05, 0.1) is 50.6 Å². The lowest BCUT2D eigenvalue weighted by molar-refractivity contribution is -0.137. The van der Waals surface area contributed by atoms with Crippen LogP contribution < -0.4 is 0 Å². The number of nitriles is 1. The van der Waals surface area contributed by atoms with Crippen molar-refractivity contribution in [2.24, 2.45) is 0 Å². The van der Waals surface area contributed by atoms with Crippen LogP contribution in [0.25, 0.3) is 110 Å². The van der Waals surface area contributed by atoms with E-state index in [0.717, 1.165) is 54.1 Å². The second kappa shape index (κ2) is 11.6. The van der Waals surface area contributed by atoms with Gasteiger partial charge in [-0.15, -0.1) is 0 Å². The SMILES string of the molecule is N#Cc1cccc(-c2cc(-n3c4ccccc4c4ccc5c6ccccc6oc5c43)c(-n3c4ccccc4c4ccc5c6ccccc6oc5c43)cc2C(F)(F)F)c1. The van der Waals surface area contributed by atoms with E-state index in [9.17, 15) is 5.26 Å². The molecule has 8 heteroatoms. The van der Waals surface area contributed by atoms with E-state index in [1.807, 2.05) is 118 Å². The maximum Gasteiger partial charge on any atom is 0.417 e. The molecule has 0 bridgehead atoms. The highest BCUT2D eigenvalue weighted by atomic mass is 19.4. The highest BCUT2D eigenvalue weighted by Gasteiger charge is 2.36. The summed E-state index contributed by atoms with van der Waals surface area (Å²) in [6.45, 7) is 0. The molecule has 0 saturated carbocycles. The van der Waals surface area contributed by atoms with Crippen LogP contribution in [0.1, 0.15) is 11.1 Å². The van der Waals surface area contributed by atoms with Gasteiger partial charge in [-0.1, -0.05) is 97.1 Å². The molecule has 0 saturated heterocycles. The number of nitrogens with zero attached hydrogens (tertiary/aromatic N) is 3. The van der Waals surface area contributed by atoms with E-state index in [2.05, 4.69) is 18.2 Å². The van der Waals surface area contributed by atoms with Crippen LogP contribution in [-0.2, 0) is 6.18 Å². The van der Waals surface area contributed by atoms with Crippen LogP contribution in [0.5, 0.6) is 0 Å². The molecule has 12 aromatic rings. The molecule has 12 rings (SSSR count). The van der Waals surface area contributed by atoms with Crippen molar-refractivity contribution in [3.8, 4) is 28.6 Å². The molecule has 0 fully saturated rings. The first kappa shape index (κ1) is 32.5. The van der Waals surface area contributed by atoms with Crippen LogP contribution in [0.3, 0.4) is 0 Å². The summed E-state index contributed by atoms with van der Waals surface area (Å²) in [7, 11) is 0. The van der Waals surface area contributed by atoms with Crippen molar-refractivity contribution >= 4 is 87.5 Å². The Labute approximate surface area is 326 Å². The van der Waals surface area contributed by atoms with Crippen LogP contribution in [0.15, 0.2) is 167 Å². The Bertz CT molecular complexity index is 3760. The number of benzene rings is 8. The van der Waals surface area contributed by atoms with Gasteiger partial charge >= 0.3 is 6.18 Å². The van der Waals surface area contributed by atoms with Gasteiger partial charge in [-0.25, -0.2) is 0 Å². The van der Waals surface area contributed by atoms with Crippen molar-refractivity contribution in [2.75, 3.05) is 0 Å². The molecule has 0 radical (unpaired) electrons. The Morgan fingerprint density at radius 1 is 0.466 bits per heavy atom. The Morgan fingerprint density at radius 2 is 0.948 bits per heavy atom. The van der Waals surface area contributed by atoms with E-state index >= 15 is 13.2 Å². The van der Waals surface area contributed by atoms with E-state index in [-0.39, 0.29) is 16.7 Å². The first-order valence-corrected chi connectivity index (χ1v) is 18.8. The number of hydrogen-bond acceptors (Lipinski definition) is 3. The first-order chi connectivity index (χ1) is 28.4. The summed E-state index contributed by atoms with van der Waals surface area (Å²) in [6.07, 6.45) is -4.77. The topological polar surface area (TPSA) is 59.9 Å². The summed E-state index contributed by atoms with van der Waals surface area (Å²) in [5.74, 6) is 0. The minimum atomic E-state index is -4.77. The van der Waals surface area contributed by atoms with Crippen molar-refractivity contribution < 1.29 is 22.0 Å². The molecule has 0 N–H and O–H groups in total. The van der Waals surface area contributed by atoms with Crippen molar-refractivity contribution in [3.05, 3.63) is 169 Å². The third-order valence-corrected chi connectivity index (χ3v) is 11.6. The Morgan fingerprint density at radius 3 is 1.48 bits per heavy atom. The number of rotatable bonds is 3. The minimum Gasteiger partial charge on any atom is -0.454 e. The van der Waals surface area contributed by atoms with E-state index in [4.69, 9.17) is 8.83 Å². The van der Waals surface area contributed by atoms with Crippen molar-refractivity contribution in [3.63, 3.8) is 0 Å². The number of hydrogen-bond donors (Lipinski definition) is 0. The van der Waals surface area contributed by atoms with Crippen LogP contribution in [0.2, 0.25) is 0 Å². The normalized spacial score (nSPS) is 12.4. The highest BCUT2D eigenvalue weighted by Crippen LogP contribution is 2.48. The third kappa shape index (κ3) is 4.41. The third-order valence-electron chi connectivity index (χ3n) is 11.6. The number of fused-ring (bicyclic) bond motifs is 14. The largest absolute Gasteiger partial charge is 0.454 e. The molecule has 8 aromatic carbocycles. The van der Waals surface area contributed by atoms with Crippen LogP contribution in [0.4, 0.5) is 13.2 Å².